The number of aliphatic hydroxyl groups is 1. The number of carbonyl (C=O) groups excluding carboxylic acids is 2. The summed E-state index contributed by atoms with van der Waals surface area (Å²) >= 11 is 0. The third kappa shape index (κ3) is 5.62. The van der Waals surface area contributed by atoms with Gasteiger partial charge in [-0.1, -0.05) is 13.8 Å². The number of hydrogen-bond donors (Lipinski definition) is 3. The number of hydrogen-bond acceptors (Lipinski definition) is 4. The molecule has 0 aliphatic carbocycles. The number of quaternary nitrogens is 1. The molecule has 0 bridgehead atoms. The van der Waals surface area contributed by atoms with E-state index in [0.717, 1.165) is 0 Å². The summed E-state index contributed by atoms with van der Waals surface area (Å²) in [5.41, 5.74) is 0. The topological polar surface area (TPSA) is 78.4 Å². The first-order valence-electron chi connectivity index (χ1n) is 7.36. The molecule has 6 nitrogen and oxygen atoms in total. The van der Waals surface area contributed by atoms with Gasteiger partial charge in [0, 0.05) is 19.4 Å². The second-order valence-electron chi connectivity index (χ2n) is 6.04. The summed E-state index contributed by atoms with van der Waals surface area (Å²) in [4.78, 5) is 24.0. The molecule has 2 unspecified atom stereocenters. The van der Waals surface area contributed by atoms with Crippen molar-refractivity contribution in [3.05, 3.63) is 0 Å². The van der Waals surface area contributed by atoms with Crippen molar-refractivity contribution < 1.29 is 19.2 Å². The van der Waals surface area contributed by atoms with Crippen LogP contribution < -0.4 is 10.6 Å². The van der Waals surface area contributed by atoms with Crippen LogP contribution in [0.1, 0.15) is 26.7 Å². The summed E-state index contributed by atoms with van der Waals surface area (Å²) in [5, 5.41) is 15.7. The standard InChI is InChI=1S/C14H27N3O3.H3P/c1-5-13(19)11(15-6-2)8-16-14(20)12-7-10(18)9-17(12,3)4;/h10-12,15,18H,5-9H2,1-4H3;1H3/p+1/t10-,11+,12?;/m1./s1. The number of nitrogens with one attached hydrogen (secondary N) is 2. The SMILES string of the molecule is CCN[C@@H](CNC(=O)C1C[C@@H](O)C[N+]1(C)C)C(=O)CC.P. The largest absolute Gasteiger partial charge is 0.387 e. The van der Waals surface area contributed by atoms with E-state index >= 15 is 0 Å². The van der Waals surface area contributed by atoms with Crippen LogP contribution in [0.2, 0.25) is 0 Å². The normalized spacial score (nSPS) is 25.0. The van der Waals surface area contributed by atoms with Gasteiger partial charge in [-0.2, -0.15) is 9.90 Å². The van der Waals surface area contributed by atoms with Crippen molar-refractivity contribution in [3.8, 4) is 0 Å². The number of carbonyl (C=O) groups is 2. The number of ketones is 1. The first-order chi connectivity index (χ1) is 9.31. The zero-order chi connectivity index (χ0) is 15.3. The summed E-state index contributed by atoms with van der Waals surface area (Å²) in [6, 6.07) is -0.570. The minimum Gasteiger partial charge on any atom is -0.387 e. The lowest BCUT2D eigenvalue weighted by Crippen LogP contribution is -2.55. The van der Waals surface area contributed by atoms with E-state index in [4.69, 9.17) is 0 Å². The minimum atomic E-state index is -0.428. The highest BCUT2D eigenvalue weighted by Gasteiger charge is 2.44. The Hall–Kier alpha value is -0.550. The zero-order valence-corrected chi connectivity index (χ0v) is 15.1. The van der Waals surface area contributed by atoms with Crippen molar-refractivity contribution in [3.63, 3.8) is 0 Å². The molecule has 1 saturated heterocycles. The van der Waals surface area contributed by atoms with Gasteiger partial charge in [-0.15, -0.1) is 0 Å². The van der Waals surface area contributed by atoms with Crippen LogP contribution in [0.15, 0.2) is 0 Å². The lowest BCUT2D eigenvalue weighted by Gasteiger charge is -2.30. The zero-order valence-electron chi connectivity index (χ0n) is 13.7. The molecule has 124 valence electrons. The van der Waals surface area contributed by atoms with E-state index in [-0.39, 0.29) is 33.7 Å². The van der Waals surface area contributed by atoms with Crippen LogP contribution in [0.5, 0.6) is 0 Å². The van der Waals surface area contributed by atoms with Crippen molar-refractivity contribution in [2.24, 2.45) is 0 Å². The van der Waals surface area contributed by atoms with Crippen LogP contribution in [-0.4, -0.2) is 73.2 Å². The highest BCUT2D eigenvalue weighted by Crippen LogP contribution is 2.22. The van der Waals surface area contributed by atoms with Gasteiger partial charge in [-0.05, 0) is 6.54 Å². The number of likely N-dealkylation sites (tertiary alicyclic amines) is 1. The Bertz CT molecular complexity index is 363. The maximum Gasteiger partial charge on any atom is 0.278 e. The molecule has 1 amide bonds. The number of nitrogens with zero attached hydrogens (tertiary/aromatic N) is 1. The first kappa shape index (κ1) is 20.5. The van der Waals surface area contributed by atoms with E-state index in [1.165, 1.54) is 0 Å². The van der Waals surface area contributed by atoms with Crippen molar-refractivity contribution in [2.45, 2.75) is 44.9 Å². The van der Waals surface area contributed by atoms with E-state index < -0.39 is 6.10 Å². The first-order valence-corrected chi connectivity index (χ1v) is 7.36. The second-order valence-corrected chi connectivity index (χ2v) is 6.04. The van der Waals surface area contributed by atoms with Gasteiger partial charge in [0.25, 0.3) is 5.91 Å². The molecule has 1 rings (SSSR count). The number of aliphatic hydroxyl groups excluding tert-OH is 1. The van der Waals surface area contributed by atoms with E-state index in [0.29, 0.717) is 37.0 Å². The molecule has 4 atom stereocenters. The summed E-state index contributed by atoms with van der Waals surface area (Å²) in [7, 11) is 3.89. The predicted molar refractivity (Wildman–Crippen MR) is 88.3 cm³/mol. The van der Waals surface area contributed by atoms with Crippen molar-refractivity contribution >= 4 is 21.6 Å². The van der Waals surface area contributed by atoms with Crippen molar-refractivity contribution in [2.75, 3.05) is 33.7 Å². The van der Waals surface area contributed by atoms with Gasteiger partial charge in [0.2, 0.25) is 0 Å². The molecule has 1 aliphatic rings. The van der Waals surface area contributed by atoms with E-state index in [2.05, 4.69) is 10.6 Å². The van der Waals surface area contributed by atoms with Crippen LogP contribution >= 0.6 is 9.90 Å². The molecular formula is C14H31N3O3P+. The van der Waals surface area contributed by atoms with Crippen LogP contribution in [-0.2, 0) is 9.59 Å². The number of amides is 1. The Kier molecular flexibility index (Phi) is 8.56. The Labute approximate surface area is 130 Å². The maximum atomic E-state index is 12.2. The second kappa shape index (κ2) is 8.79. The molecule has 0 aromatic heterocycles. The quantitative estimate of drug-likeness (QED) is 0.429. The van der Waals surface area contributed by atoms with Gasteiger partial charge in [0.05, 0.1) is 20.1 Å². The molecule has 0 spiro atoms. The number of rotatable bonds is 7. The molecule has 1 fully saturated rings. The molecule has 0 radical (unpaired) electrons. The molecule has 1 aliphatic heterocycles. The van der Waals surface area contributed by atoms with Crippen LogP contribution in [0.25, 0.3) is 0 Å². The Balaban J connectivity index is 0.00000400. The third-order valence-electron chi connectivity index (χ3n) is 3.99. The van der Waals surface area contributed by atoms with Gasteiger partial charge in [-0.3, -0.25) is 9.59 Å². The molecular weight excluding hydrogens is 289 g/mol. The van der Waals surface area contributed by atoms with Gasteiger partial charge < -0.3 is 20.2 Å². The summed E-state index contributed by atoms with van der Waals surface area (Å²) in [6.45, 7) is 5.34. The van der Waals surface area contributed by atoms with Crippen LogP contribution in [0.4, 0.5) is 0 Å². The molecule has 0 saturated carbocycles. The molecule has 0 aromatic carbocycles. The summed E-state index contributed by atoms with van der Waals surface area (Å²) < 4.78 is 0.487. The monoisotopic (exact) mass is 320 g/mol. The minimum absolute atomic E-state index is 0. The fourth-order valence-corrected chi connectivity index (χ4v) is 2.83. The van der Waals surface area contributed by atoms with Crippen LogP contribution in [0.3, 0.4) is 0 Å². The Morgan fingerprint density at radius 2 is 1.95 bits per heavy atom. The molecule has 0 aromatic rings. The molecule has 1 heterocycles. The maximum absolute atomic E-state index is 12.2. The van der Waals surface area contributed by atoms with E-state index in [9.17, 15) is 14.7 Å². The molecule has 3 N–H and O–H groups in total. The van der Waals surface area contributed by atoms with Crippen molar-refractivity contribution in [1.82, 2.24) is 10.6 Å². The smallest absolute Gasteiger partial charge is 0.278 e. The van der Waals surface area contributed by atoms with Gasteiger partial charge in [0.1, 0.15) is 12.6 Å². The van der Waals surface area contributed by atoms with Crippen molar-refractivity contribution in [1.29, 1.82) is 0 Å². The third-order valence-corrected chi connectivity index (χ3v) is 3.99. The average molecular weight is 320 g/mol. The lowest BCUT2D eigenvalue weighted by molar-refractivity contribution is -0.894. The fraction of sp³-hybridized carbons (Fsp3) is 0.857. The van der Waals surface area contributed by atoms with E-state index in [1.807, 2.05) is 27.9 Å². The Morgan fingerprint density at radius 3 is 2.38 bits per heavy atom. The Morgan fingerprint density at radius 1 is 1.33 bits per heavy atom. The highest BCUT2D eigenvalue weighted by atomic mass is 31.0. The van der Waals surface area contributed by atoms with Gasteiger partial charge in [-0.25, -0.2) is 0 Å². The predicted octanol–water partition coefficient (Wildman–Crippen LogP) is -0.672. The summed E-state index contributed by atoms with van der Waals surface area (Å²) in [5.74, 6) is 0.0192. The van der Waals surface area contributed by atoms with Crippen LogP contribution in [0, 0.1) is 0 Å². The lowest BCUT2D eigenvalue weighted by atomic mass is 10.1. The fourth-order valence-electron chi connectivity index (χ4n) is 2.83. The molecule has 21 heavy (non-hydrogen) atoms. The average Bonchev–Trinajstić information content (AvgIpc) is 2.66. The number of Topliss-reactive ketones (excluding diaryl/α,β-unsaturated/α-hetero) is 1. The van der Waals surface area contributed by atoms with E-state index in [1.54, 1.807) is 0 Å². The van der Waals surface area contributed by atoms with Gasteiger partial charge in [0.15, 0.2) is 11.8 Å². The highest BCUT2D eigenvalue weighted by molar-refractivity contribution is 6.92. The molecule has 7 heteroatoms. The number of likely N-dealkylation sites (N-methyl/N-ethyl adjacent to an activating group) is 2. The van der Waals surface area contributed by atoms with Gasteiger partial charge >= 0.3 is 0 Å². The summed E-state index contributed by atoms with van der Waals surface area (Å²) in [6.07, 6.45) is 0.506.